The van der Waals surface area contributed by atoms with Crippen molar-refractivity contribution in [1.82, 2.24) is 0 Å². The number of esters is 1. The molecule has 0 saturated carbocycles. The third-order valence-electron chi connectivity index (χ3n) is 4.43. The Balaban J connectivity index is 1.91. The number of ether oxygens (including phenoxy) is 1. The highest BCUT2D eigenvalue weighted by Gasteiger charge is 2.31. The molecule has 3 heterocycles. The van der Waals surface area contributed by atoms with E-state index < -0.39 is 22.7 Å². The van der Waals surface area contributed by atoms with Crippen molar-refractivity contribution in [2.24, 2.45) is 0 Å². The first-order chi connectivity index (χ1) is 12.9. The van der Waals surface area contributed by atoms with E-state index in [1.807, 2.05) is 0 Å². The summed E-state index contributed by atoms with van der Waals surface area (Å²) in [7, 11) is 0. The van der Waals surface area contributed by atoms with Crippen molar-refractivity contribution in [3.05, 3.63) is 44.0 Å². The minimum atomic E-state index is -0.715. The van der Waals surface area contributed by atoms with E-state index in [9.17, 15) is 19.7 Å². The molecule has 0 fully saturated rings. The summed E-state index contributed by atoms with van der Waals surface area (Å²) in [5, 5.41) is 13.8. The minimum absolute atomic E-state index is 0.191. The summed E-state index contributed by atoms with van der Waals surface area (Å²) >= 11 is 1.34. The molecule has 0 aliphatic carbocycles. The minimum Gasteiger partial charge on any atom is -0.462 e. The van der Waals surface area contributed by atoms with Crippen LogP contribution in [0.4, 0.5) is 10.9 Å². The quantitative estimate of drug-likeness (QED) is 0.437. The van der Waals surface area contributed by atoms with Crippen molar-refractivity contribution in [3.63, 3.8) is 0 Å². The number of furan rings is 1. The van der Waals surface area contributed by atoms with Crippen molar-refractivity contribution in [3.8, 4) is 0 Å². The van der Waals surface area contributed by atoms with Crippen LogP contribution in [-0.4, -0.2) is 36.5 Å². The molecule has 1 aliphatic rings. The normalized spacial score (nSPS) is 15.9. The van der Waals surface area contributed by atoms with Crippen LogP contribution in [0.25, 0.3) is 0 Å². The maximum absolute atomic E-state index is 12.5. The Morgan fingerprint density at radius 1 is 1.41 bits per heavy atom. The Bertz CT molecular complexity index is 887. The van der Waals surface area contributed by atoms with Crippen LogP contribution in [0.5, 0.6) is 0 Å². The number of carbonyl (C=O) groups is 2. The molecule has 9 nitrogen and oxygen atoms in total. The summed E-state index contributed by atoms with van der Waals surface area (Å²) in [5.74, 6) is -1.83. The number of thiophene rings is 1. The van der Waals surface area contributed by atoms with E-state index in [0.717, 1.165) is 42.6 Å². The number of nitro groups is 1. The first-order valence-corrected chi connectivity index (χ1v) is 9.47. The predicted octanol–water partition coefficient (Wildman–Crippen LogP) is 1.64. The Labute approximate surface area is 159 Å². The van der Waals surface area contributed by atoms with Gasteiger partial charge in [0.15, 0.2) is 5.76 Å². The monoisotopic (exact) mass is 394 g/mol. The number of anilines is 1. The highest BCUT2D eigenvalue weighted by Crippen LogP contribution is 2.35. The van der Waals surface area contributed by atoms with Crippen molar-refractivity contribution in [1.29, 1.82) is 0 Å². The van der Waals surface area contributed by atoms with E-state index in [-0.39, 0.29) is 12.4 Å². The van der Waals surface area contributed by atoms with Crippen molar-refractivity contribution >= 4 is 34.1 Å². The van der Waals surface area contributed by atoms with E-state index in [4.69, 9.17) is 9.15 Å². The molecule has 2 aromatic heterocycles. The van der Waals surface area contributed by atoms with Crippen LogP contribution in [0, 0.1) is 10.1 Å². The first-order valence-electron chi connectivity index (χ1n) is 8.65. The molecule has 0 radical (unpaired) electrons. The van der Waals surface area contributed by atoms with Gasteiger partial charge in [-0.1, -0.05) is 0 Å². The van der Waals surface area contributed by atoms with Gasteiger partial charge < -0.3 is 19.4 Å². The number of amides is 1. The van der Waals surface area contributed by atoms with Crippen LogP contribution in [-0.2, 0) is 17.7 Å². The van der Waals surface area contributed by atoms with E-state index in [0.29, 0.717) is 10.6 Å². The van der Waals surface area contributed by atoms with Crippen molar-refractivity contribution < 1.29 is 28.6 Å². The maximum Gasteiger partial charge on any atom is 0.433 e. The van der Waals surface area contributed by atoms with Crippen LogP contribution < -0.4 is 10.2 Å². The second kappa shape index (κ2) is 7.89. The molecular weight excluding hydrogens is 374 g/mol. The summed E-state index contributed by atoms with van der Waals surface area (Å²) in [6.07, 6.45) is 0.727. The molecule has 2 aromatic rings. The highest BCUT2D eigenvalue weighted by atomic mass is 32.1. The van der Waals surface area contributed by atoms with Crippen LogP contribution in [0.15, 0.2) is 16.5 Å². The largest absolute Gasteiger partial charge is 0.462 e. The second-order valence-electron chi connectivity index (χ2n) is 6.06. The molecule has 0 bridgehead atoms. The fraction of sp³-hybridized carbons (Fsp3) is 0.412. The summed E-state index contributed by atoms with van der Waals surface area (Å²) < 4.78 is 10.1. The number of rotatable bonds is 6. The second-order valence-corrected chi connectivity index (χ2v) is 7.16. The zero-order valence-electron chi connectivity index (χ0n) is 15.0. The van der Waals surface area contributed by atoms with Gasteiger partial charge in [0.1, 0.15) is 16.5 Å². The van der Waals surface area contributed by atoms with Gasteiger partial charge in [-0.05, 0) is 25.5 Å². The zero-order chi connectivity index (χ0) is 19.6. The molecule has 2 N–H and O–H groups in total. The van der Waals surface area contributed by atoms with Gasteiger partial charge in [-0.25, -0.2) is 4.79 Å². The number of fused-ring (bicyclic) bond motifs is 1. The number of nitrogens with one attached hydrogen (secondary N) is 2. The Hall–Kier alpha value is -2.72. The smallest absolute Gasteiger partial charge is 0.433 e. The first kappa shape index (κ1) is 19.1. The van der Waals surface area contributed by atoms with Gasteiger partial charge in [-0.2, -0.15) is 0 Å². The molecule has 27 heavy (non-hydrogen) atoms. The summed E-state index contributed by atoms with van der Waals surface area (Å²) in [6.45, 7) is 6.72. The maximum atomic E-state index is 12.5. The van der Waals surface area contributed by atoms with Gasteiger partial charge in [0, 0.05) is 6.42 Å². The van der Waals surface area contributed by atoms with Gasteiger partial charge in [0.05, 0.1) is 36.2 Å². The summed E-state index contributed by atoms with van der Waals surface area (Å²) in [4.78, 5) is 37.4. The third kappa shape index (κ3) is 3.86. The van der Waals surface area contributed by atoms with Gasteiger partial charge >= 0.3 is 11.9 Å². The number of nitrogens with zero attached hydrogens (tertiary/aromatic N) is 1. The average Bonchev–Trinajstić information content (AvgIpc) is 3.26. The molecule has 1 atom stereocenters. The molecule has 3 rings (SSSR count). The summed E-state index contributed by atoms with van der Waals surface area (Å²) in [5.41, 5.74) is 1.29. The lowest BCUT2D eigenvalue weighted by atomic mass is 10.0. The summed E-state index contributed by atoms with van der Waals surface area (Å²) in [6, 6.07) is 2.34. The van der Waals surface area contributed by atoms with Crippen LogP contribution in [0.2, 0.25) is 0 Å². The zero-order valence-corrected chi connectivity index (χ0v) is 15.8. The van der Waals surface area contributed by atoms with Gasteiger partial charge in [-0.3, -0.25) is 14.9 Å². The molecule has 0 spiro atoms. The lowest BCUT2D eigenvalue weighted by Gasteiger charge is -2.22. The SMILES string of the molecule is CCOC(=O)c1c(NC(=O)c2ccc([N+](=O)[O-])o2)sc2c1CC[NH+](CC)C2. The van der Waals surface area contributed by atoms with E-state index >= 15 is 0 Å². The van der Waals surface area contributed by atoms with Crippen LogP contribution in [0.1, 0.15) is 45.2 Å². The van der Waals surface area contributed by atoms with Gasteiger partial charge in [0.2, 0.25) is 0 Å². The number of carbonyl (C=O) groups excluding carboxylic acids is 2. The number of likely N-dealkylation sites (N-methyl/N-ethyl adjacent to an activating group) is 1. The third-order valence-corrected chi connectivity index (χ3v) is 5.58. The fourth-order valence-electron chi connectivity index (χ4n) is 3.06. The Kier molecular flexibility index (Phi) is 5.57. The predicted molar refractivity (Wildman–Crippen MR) is 97.4 cm³/mol. The fourth-order valence-corrected chi connectivity index (χ4v) is 4.36. The molecule has 1 aliphatic heterocycles. The number of quaternary nitrogens is 1. The van der Waals surface area contributed by atoms with Crippen LogP contribution >= 0.6 is 11.3 Å². The van der Waals surface area contributed by atoms with Gasteiger partial charge in [-0.15, -0.1) is 11.3 Å². The van der Waals surface area contributed by atoms with Crippen molar-refractivity contribution in [2.45, 2.75) is 26.8 Å². The Morgan fingerprint density at radius 2 is 2.19 bits per heavy atom. The van der Waals surface area contributed by atoms with Crippen LogP contribution in [0.3, 0.4) is 0 Å². The van der Waals surface area contributed by atoms with Gasteiger partial charge in [0.25, 0.3) is 5.91 Å². The lowest BCUT2D eigenvalue weighted by Crippen LogP contribution is -3.11. The molecular formula is C17H20N3O6S+. The lowest BCUT2D eigenvalue weighted by molar-refractivity contribution is -0.913. The van der Waals surface area contributed by atoms with E-state index in [1.54, 1.807) is 6.92 Å². The standard InChI is InChI=1S/C17H19N3O6S/c1-3-19-8-7-10-12(9-19)27-16(14(10)17(22)25-4-2)18-15(21)11-5-6-13(26-11)20(23)24/h5-6H,3-4,7-9H2,1-2H3,(H,18,21)/p+1. The highest BCUT2D eigenvalue weighted by molar-refractivity contribution is 7.17. The average molecular weight is 394 g/mol. The van der Waals surface area contributed by atoms with E-state index in [2.05, 4.69) is 12.2 Å². The van der Waals surface area contributed by atoms with E-state index in [1.165, 1.54) is 22.3 Å². The number of hydrogen-bond donors (Lipinski definition) is 2. The molecule has 144 valence electrons. The Morgan fingerprint density at radius 3 is 2.81 bits per heavy atom. The topological polar surface area (TPSA) is 116 Å². The molecule has 1 amide bonds. The molecule has 10 heteroatoms. The molecule has 0 saturated heterocycles. The van der Waals surface area contributed by atoms with Crippen molar-refractivity contribution in [2.75, 3.05) is 25.0 Å². The molecule has 0 aromatic carbocycles. The molecule has 1 unspecified atom stereocenters. The number of hydrogen-bond acceptors (Lipinski definition) is 7.